The van der Waals surface area contributed by atoms with Crippen LogP contribution in [0.4, 0.5) is 0 Å². The molecule has 3 atom stereocenters. The summed E-state index contributed by atoms with van der Waals surface area (Å²) >= 11 is 2.53. The maximum absolute atomic E-state index is 12.5. The van der Waals surface area contributed by atoms with Crippen LogP contribution in [0.3, 0.4) is 0 Å². The van der Waals surface area contributed by atoms with E-state index in [0.29, 0.717) is 0 Å². The van der Waals surface area contributed by atoms with Crippen LogP contribution in [0, 0.1) is 0 Å². The van der Waals surface area contributed by atoms with Crippen LogP contribution in [-0.2, 0) is 45.2 Å². The van der Waals surface area contributed by atoms with E-state index in [1.165, 1.54) is 0 Å². The van der Waals surface area contributed by atoms with E-state index in [9.17, 15) is 29.7 Å². The fourth-order valence-electron chi connectivity index (χ4n) is 2.86. The zero-order valence-electron chi connectivity index (χ0n) is 21.0. The minimum Gasteiger partial charge on any atom is -0.372 e. The minimum absolute atomic E-state index is 0.276. The van der Waals surface area contributed by atoms with Gasteiger partial charge in [-0.1, -0.05) is 91.0 Å². The van der Waals surface area contributed by atoms with Crippen LogP contribution in [0.5, 0.6) is 0 Å². The summed E-state index contributed by atoms with van der Waals surface area (Å²) in [6, 6.07) is 27.2. The summed E-state index contributed by atoms with van der Waals surface area (Å²) in [5.41, 5.74) is -2.52. The molecule has 3 aromatic carbocycles. The molecule has 3 unspecified atom stereocenters. The molecule has 0 fully saturated rings. The second-order valence-electron chi connectivity index (χ2n) is 7.90. The second-order valence-corrected chi connectivity index (χ2v) is 12.1. The Morgan fingerprint density at radius 1 is 0.525 bits per heavy atom. The Morgan fingerprint density at radius 2 is 0.775 bits per heavy atom. The number of hydrogen-bond donors (Lipinski definition) is 3. The van der Waals surface area contributed by atoms with E-state index >= 15 is 0 Å². The average molecular weight is 623 g/mol. The van der Waals surface area contributed by atoms with Crippen molar-refractivity contribution in [2.75, 3.05) is 0 Å². The Bertz CT molecular complexity index is 1050. The topological polar surface area (TPSA) is 140 Å². The highest BCUT2D eigenvalue weighted by atomic mass is 32.2. The van der Waals surface area contributed by atoms with Crippen molar-refractivity contribution in [1.82, 2.24) is 0 Å². The molecule has 0 bridgehead atoms. The van der Waals surface area contributed by atoms with Crippen LogP contribution >= 0.6 is 43.9 Å². The third kappa shape index (κ3) is 11.5. The molecule has 0 saturated heterocycles. The van der Waals surface area contributed by atoms with Gasteiger partial charge in [0.2, 0.25) is 0 Å². The predicted molar refractivity (Wildman–Crippen MR) is 156 cm³/mol. The number of carbonyl (C=O) groups is 3. The molecule has 0 aliphatic rings. The molecule has 9 nitrogen and oxygen atoms in total. The highest BCUT2D eigenvalue weighted by molar-refractivity contribution is 8.00. The Hall–Kier alpha value is -2.57. The number of benzene rings is 3. The summed E-state index contributed by atoms with van der Waals surface area (Å²) in [6.45, 7) is 0. The zero-order valence-corrected chi connectivity index (χ0v) is 24.3. The smallest absolute Gasteiger partial charge is 0.372 e. The first-order valence-electron chi connectivity index (χ1n) is 11.8. The first-order chi connectivity index (χ1) is 19.3. The van der Waals surface area contributed by atoms with Gasteiger partial charge in [-0.2, -0.15) is 0 Å². The van der Waals surface area contributed by atoms with Crippen molar-refractivity contribution < 1.29 is 43.3 Å². The van der Waals surface area contributed by atoms with Gasteiger partial charge in [0.1, 0.15) is 0 Å². The highest BCUT2D eigenvalue weighted by Crippen LogP contribution is 2.43. The summed E-state index contributed by atoms with van der Waals surface area (Å²) in [4.78, 5) is 37.5. The molecule has 0 aromatic heterocycles. The Labute approximate surface area is 245 Å². The van der Waals surface area contributed by atoms with Crippen molar-refractivity contribution in [3.05, 3.63) is 108 Å². The van der Waals surface area contributed by atoms with E-state index in [2.05, 4.69) is 0 Å². The normalized spacial score (nSPS) is 13.9. The average Bonchev–Trinajstić information content (AvgIpc) is 2.98. The molecule has 3 aromatic rings. The van der Waals surface area contributed by atoms with Gasteiger partial charge in [0.05, 0.1) is 0 Å². The molecule has 0 heterocycles. The second kappa shape index (κ2) is 17.3. The lowest BCUT2D eigenvalue weighted by Gasteiger charge is -2.19. The van der Waals surface area contributed by atoms with E-state index in [4.69, 9.17) is 13.6 Å². The number of aliphatic hydroxyl groups is 3. The van der Waals surface area contributed by atoms with Gasteiger partial charge in [0, 0.05) is 17.3 Å². The molecule has 0 spiro atoms. The van der Waals surface area contributed by atoms with Gasteiger partial charge in [-0.05, 0) is 16.7 Å². The molecular weight excluding hydrogens is 595 g/mol. The maximum atomic E-state index is 12.5. The Kier molecular flexibility index (Phi) is 13.8. The van der Waals surface area contributed by atoms with Crippen LogP contribution in [0.15, 0.2) is 91.0 Å². The van der Waals surface area contributed by atoms with E-state index in [-0.39, 0.29) is 17.3 Å². The van der Waals surface area contributed by atoms with Crippen molar-refractivity contribution in [2.24, 2.45) is 0 Å². The molecular formula is C27H27O9PS3. The molecule has 0 aliphatic heterocycles. The van der Waals surface area contributed by atoms with Crippen LogP contribution < -0.4 is 0 Å². The van der Waals surface area contributed by atoms with Gasteiger partial charge >= 0.3 is 26.5 Å². The van der Waals surface area contributed by atoms with Gasteiger partial charge < -0.3 is 28.9 Å². The van der Waals surface area contributed by atoms with Crippen molar-refractivity contribution in [3.8, 4) is 0 Å². The maximum Gasteiger partial charge on any atom is 0.537 e. The van der Waals surface area contributed by atoms with Gasteiger partial charge in [-0.3, -0.25) is 0 Å². The molecule has 0 aliphatic carbocycles. The summed E-state index contributed by atoms with van der Waals surface area (Å²) in [7, 11) is -3.04. The third-order valence-corrected chi connectivity index (χ3v) is 8.86. The lowest BCUT2D eigenvalue weighted by Crippen LogP contribution is -2.25. The van der Waals surface area contributed by atoms with E-state index in [0.717, 1.165) is 52.0 Å². The summed E-state index contributed by atoms with van der Waals surface area (Å²) in [5, 5.41) is 30.7. The standard InChI is InChI=1S/C27H27O9PS3/c28-22(25(31)38-16-19-10-4-1-5-11-19)34-37(35-23(29)26(32)39-17-20-12-6-2-7-13-20)36-24(30)27(33)40-18-21-14-8-3-9-15-21/h1-15,25-27,31-33H,16-18H2. The van der Waals surface area contributed by atoms with Crippen molar-refractivity contribution in [1.29, 1.82) is 0 Å². The van der Waals surface area contributed by atoms with Gasteiger partial charge in [-0.25, -0.2) is 14.4 Å². The lowest BCUT2D eigenvalue weighted by molar-refractivity contribution is -0.148. The van der Waals surface area contributed by atoms with Crippen molar-refractivity contribution in [3.63, 3.8) is 0 Å². The number of hydrogen-bond acceptors (Lipinski definition) is 12. The lowest BCUT2D eigenvalue weighted by atomic mass is 10.2. The first-order valence-corrected chi connectivity index (χ1v) is 16.0. The zero-order chi connectivity index (χ0) is 28.7. The fourth-order valence-corrected chi connectivity index (χ4v) is 6.11. The molecule has 3 rings (SSSR count). The van der Waals surface area contributed by atoms with E-state index in [1.807, 2.05) is 54.6 Å². The molecule has 212 valence electrons. The minimum atomic E-state index is -3.04. The quantitative estimate of drug-likeness (QED) is 0.161. The van der Waals surface area contributed by atoms with Crippen LogP contribution in [0.2, 0.25) is 0 Å². The SMILES string of the molecule is O=C(OP(OC(=O)C(O)SCc1ccccc1)OC(=O)C(O)SCc1ccccc1)C(O)SCc1ccccc1. The summed E-state index contributed by atoms with van der Waals surface area (Å²) < 4.78 is 15.0. The van der Waals surface area contributed by atoms with Crippen molar-refractivity contribution in [2.45, 2.75) is 33.6 Å². The van der Waals surface area contributed by atoms with Crippen LogP contribution in [-0.4, -0.2) is 49.5 Å². The van der Waals surface area contributed by atoms with Gasteiger partial charge in [0.15, 0.2) is 16.3 Å². The molecule has 0 saturated carbocycles. The summed E-state index contributed by atoms with van der Waals surface area (Å²) in [6.07, 6.45) is 0. The summed E-state index contributed by atoms with van der Waals surface area (Å²) in [5.74, 6) is -2.82. The Morgan fingerprint density at radius 3 is 1.02 bits per heavy atom. The van der Waals surface area contributed by atoms with E-state index < -0.39 is 42.8 Å². The fraction of sp³-hybridized carbons (Fsp3) is 0.222. The molecule has 0 radical (unpaired) electrons. The molecule has 3 N–H and O–H groups in total. The third-order valence-electron chi connectivity index (χ3n) is 4.85. The Balaban J connectivity index is 1.58. The number of aliphatic hydroxyl groups excluding tert-OH is 3. The monoisotopic (exact) mass is 622 g/mol. The number of rotatable bonds is 15. The highest BCUT2D eigenvalue weighted by Gasteiger charge is 2.35. The molecule has 0 amide bonds. The van der Waals surface area contributed by atoms with Crippen LogP contribution in [0.1, 0.15) is 16.7 Å². The first kappa shape index (κ1) is 32.0. The largest absolute Gasteiger partial charge is 0.537 e. The van der Waals surface area contributed by atoms with Crippen molar-refractivity contribution >= 4 is 61.8 Å². The molecule has 13 heteroatoms. The van der Waals surface area contributed by atoms with Crippen LogP contribution in [0.25, 0.3) is 0 Å². The predicted octanol–water partition coefficient (Wildman–Crippen LogP) is 4.60. The van der Waals surface area contributed by atoms with E-state index in [1.54, 1.807) is 36.4 Å². The molecule has 40 heavy (non-hydrogen) atoms. The number of carbonyl (C=O) groups excluding carboxylic acids is 3. The van der Waals surface area contributed by atoms with Gasteiger partial charge in [-0.15, -0.1) is 35.3 Å². The number of thioether (sulfide) groups is 3. The van der Waals surface area contributed by atoms with Gasteiger partial charge in [0.25, 0.3) is 0 Å².